The van der Waals surface area contributed by atoms with Gasteiger partial charge in [0, 0.05) is 35.4 Å². The molecule has 1 rings (SSSR count). The van der Waals surface area contributed by atoms with Crippen molar-refractivity contribution in [3.05, 3.63) is 20.8 Å². The molecule has 2 N–H and O–H groups in total. The molecule has 5 nitrogen and oxygen atoms in total. The van der Waals surface area contributed by atoms with E-state index in [2.05, 4.69) is 37.6 Å². The van der Waals surface area contributed by atoms with E-state index in [9.17, 15) is 4.79 Å². The van der Waals surface area contributed by atoms with Gasteiger partial charge < -0.3 is 15.5 Å². The summed E-state index contributed by atoms with van der Waals surface area (Å²) in [4.78, 5) is 18.5. The Balaban J connectivity index is 0.00000361. The summed E-state index contributed by atoms with van der Waals surface area (Å²) in [6, 6.07) is 2.06. The van der Waals surface area contributed by atoms with E-state index >= 15 is 0 Å². The van der Waals surface area contributed by atoms with Crippen LogP contribution in [0.2, 0.25) is 0 Å². The maximum atomic E-state index is 11.5. The highest BCUT2D eigenvalue weighted by molar-refractivity contribution is 14.0. The summed E-state index contributed by atoms with van der Waals surface area (Å²) < 4.78 is 1.08. The Morgan fingerprint density at radius 3 is 2.65 bits per heavy atom. The van der Waals surface area contributed by atoms with Crippen LogP contribution in [-0.2, 0) is 11.3 Å². The monoisotopic (exact) mass is 474 g/mol. The van der Waals surface area contributed by atoms with E-state index < -0.39 is 0 Å². The van der Waals surface area contributed by atoms with E-state index in [1.54, 1.807) is 25.4 Å². The molecule has 0 bridgehead atoms. The topological polar surface area (TPSA) is 56.7 Å². The van der Waals surface area contributed by atoms with E-state index in [0.717, 1.165) is 11.0 Å². The molecule has 114 valence electrons. The lowest BCUT2D eigenvalue weighted by Gasteiger charge is -2.12. The van der Waals surface area contributed by atoms with Crippen LogP contribution in [-0.4, -0.2) is 44.0 Å². The average Bonchev–Trinajstić information content (AvgIpc) is 2.78. The van der Waals surface area contributed by atoms with Crippen molar-refractivity contribution in [2.75, 3.05) is 27.2 Å². The molecule has 0 aliphatic heterocycles. The summed E-state index contributed by atoms with van der Waals surface area (Å²) in [5.41, 5.74) is 0. The van der Waals surface area contributed by atoms with Crippen molar-refractivity contribution in [2.45, 2.75) is 13.5 Å². The highest BCUT2D eigenvalue weighted by atomic mass is 127. The Kier molecular flexibility index (Phi) is 10.2. The molecule has 0 atom stereocenters. The summed E-state index contributed by atoms with van der Waals surface area (Å²) in [6.07, 6.45) is 0. The van der Waals surface area contributed by atoms with Crippen LogP contribution in [0, 0.1) is 0 Å². The molecular formula is C12H20BrIN4OS. The van der Waals surface area contributed by atoms with Gasteiger partial charge >= 0.3 is 0 Å². The van der Waals surface area contributed by atoms with E-state index in [0.29, 0.717) is 12.5 Å². The summed E-state index contributed by atoms with van der Waals surface area (Å²) in [5, 5.41) is 8.36. The highest BCUT2D eigenvalue weighted by Gasteiger charge is 2.04. The lowest BCUT2D eigenvalue weighted by Crippen LogP contribution is -2.37. The summed E-state index contributed by atoms with van der Waals surface area (Å²) in [5.74, 6) is 0.637. The third-order valence-corrected chi connectivity index (χ3v) is 3.96. The second-order valence-electron chi connectivity index (χ2n) is 4.07. The molecule has 0 aromatic carbocycles. The number of hydrogen-bond acceptors (Lipinski definition) is 3. The maximum absolute atomic E-state index is 11.5. The number of aliphatic imine (C=N–C) groups is 1. The van der Waals surface area contributed by atoms with Gasteiger partial charge in [-0.15, -0.1) is 35.3 Å². The van der Waals surface area contributed by atoms with Crippen LogP contribution in [0.15, 0.2) is 20.9 Å². The minimum Gasteiger partial charge on any atom is -0.357 e. The molecule has 1 heterocycles. The van der Waals surface area contributed by atoms with Crippen LogP contribution in [0.3, 0.4) is 0 Å². The molecule has 1 aromatic rings. The van der Waals surface area contributed by atoms with Gasteiger partial charge in [-0.3, -0.25) is 4.79 Å². The quantitative estimate of drug-likeness (QED) is 0.391. The average molecular weight is 475 g/mol. The predicted octanol–water partition coefficient (Wildman–Crippen LogP) is 2.27. The van der Waals surface area contributed by atoms with Crippen molar-refractivity contribution < 1.29 is 4.79 Å². The van der Waals surface area contributed by atoms with Crippen molar-refractivity contribution in [3.63, 3.8) is 0 Å². The first-order valence-corrected chi connectivity index (χ1v) is 7.65. The van der Waals surface area contributed by atoms with Crippen LogP contribution in [0.25, 0.3) is 0 Å². The smallest absolute Gasteiger partial charge is 0.243 e. The molecule has 0 saturated carbocycles. The zero-order valence-corrected chi connectivity index (χ0v) is 16.5. The van der Waals surface area contributed by atoms with Crippen LogP contribution in [0.4, 0.5) is 0 Å². The van der Waals surface area contributed by atoms with E-state index in [-0.39, 0.29) is 36.4 Å². The Morgan fingerprint density at radius 1 is 1.45 bits per heavy atom. The Labute approximate surface area is 149 Å². The zero-order valence-electron chi connectivity index (χ0n) is 11.8. The van der Waals surface area contributed by atoms with E-state index in [1.165, 1.54) is 9.78 Å². The summed E-state index contributed by atoms with van der Waals surface area (Å²) >= 11 is 5.09. The molecule has 0 spiro atoms. The molecule has 0 fully saturated rings. The molecule has 0 aliphatic carbocycles. The lowest BCUT2D eigenvalue weighted by molar-refractivity contribution is -0.127. The number of likely N-dealkylation sites (N-methyl/N-ethyl adjacent to an activating group) is 1. The van der Waals surface area contributed by atoms with Gasteiger partial charge in [-0.1, -0.05) is 0 Å². The van der Waals surface area contributed by atoms with Crippen molar-refractivity contribution in [1.82, 2.24) is 15.5 Å². The molecule has 0 radical (unpaired) electrons. The Bertz CT molecular complexity index is 450. The van der Waals surface area contributed by atoms with Crippen LogP contribution >= 0.6 is 51.2 Å². The second kappa shape index (κ2) is 10.4. The first kappa shape index (κ1) is 19.7. The van der Waals surface area contributed by atoms with Gasteiger partial charge in [-0.2, -0.15) is 0 Å². The number of amides is 1. The summed E-state index contributed by atoms with van der Waals surface area (Å²) in [6.45, 7) is 3.59. The number of carbonyl (C=O) groups excluding carboxylic acids is 1. The fourth-order valence-electron chi connectivity index (χ4n) is 1.25. The van der Waals surface area contributed by atoms with Gasteiger partial charge in [0.05, 0.1) is 6.54 Å². The lowest BCUT2D eigenvalue weighted by atomic mass is 10.4. The Hall–Kier alpha value is -0.350. The number of thiophene rings is 1. The van der Waals surface area contributed by atoms with Crippen molar-refractivity contribution in [1.29, 1.82) is 0 Å². The first-order valence-electron chi connectivity index (χ1n) is 5.98. The highest BCUT2D eigenvalue weighted by Crippen LogP contribution is 2.19. The second-order valence-corrected chi connectivity index (χ2v) is 5.98. The SMILES string of the molecule is CCNC(=NCC(=O)N(C)C)NCc1cc(Br)cs1.I. The number of halogens is 2. The van der Waals surface area contributed by atoms with Gasteiger partial charge in [-0.25, -0.2) is 4.99 Å². The van der Waals surface area contributed by atoms with Crippen LogP contribution in [0.5, 0.6) is 0 Å². The van der Waals surface area contributed by atoms with Crippen molar-refractivity contribution in [3.8, 4) is 0 Å². The molecule has 0 aliphatic rings. The molecule has 0 unspecified atom stereocenters. The normalized spacial score (nSPS) is 10.7. The standard InChI is InChI=1S/C12H19BrN4OS.HI/c1-4-14-12(16-7-11(18)17(2)3)15-6-10-5-9(13)8-19-10;/h5,8H,4,6-7H2,1-3H3,(H2,14,15,16);1H. The third-order valence-electron chi connectivity index (χ3n) is 2.27. The molecule has 8 heteroatoms. The molecule has 20 heavy (non-hydrogen) atoms. The zero-order chi connectivity index (χ0) is 14.3. The fourth-order valence-corrected chi connectivity index (χ4v) is 2.64. The molecule has 1 amide bonds. The van der Waals surface area contributed by atoms with E-state index in [1.807, 2.05) is 12.3 Å². The third kappa shape index (κ3) is 7.44. The van der Waals surface area contributed by atoms with Crippen molar-refractivity contribution in [2.24, 2.45) is 4.99 Å². The number of carbonyl (C=O) groups is 1. The number of rotatable bonds is 5. The number of nitrogens with zero attached hydrogens (tertiary/aromatic N) is 2. The maximum Gasteiger partial charge on any atom is 0.243 e. The largest absolute Gasteiger partial charge is 0.357 e. The predicted molar refractivity (Wildman–Crippen MR) is 98.9 cm³/mol. The number of nitrogens with one attached hydrogen (secondary N) is 2. The minimum atomic E-state index is -0.0175. The van der Waals surface area contributed by atoms with Gasteiger partial charge in [0.15, 0.2) is 5.96 Å². The number of guanidine groups is 1. The van der Waals surface area contributed by atoms with Gasteiger partial charge in [0.2, 0.25) is 5.91 Å². The first-order chi connectivity index (χ1) is 9.02. The van der Waals surface area contributed by atoms with Crippen molar-refractivity contribution >= 4 is 63.1 Å². The molecular weight excluding hydrogens is 455 g/mol. The van der Waals surface area contributed by atoms with Crippen LogP contribution < -0.4 is 10.6 Å². The molecule has 1 aromatic heterocycles. The van der Waals surface area contributed by atoms with Gasteiger partial charge in [-0.05, 0) is 28.9 Å². The van der Waals surface area contributed by atoms with Gasteiger partial charge in [0.25, 0.3) is 0 Å². The Morgan fingerprint density at radius 2 is 2.15 bits per heavy atom. The fraction of sp³-hybridized carbons (Fsp3) is 0.500. The minimum absolute atomic E-state index is 0. The van der Waals surface area contributed by atoms with E-state index in [4.69, 9.17) is 0 Å². The number of hydrogen-bond donors (Lipinski definition) is 2. The summed E-state index contributed by atoms with van der Waals surface area (Å²) in [7, 11) is 3.45. The van der Waals surface area contributed by atoms with Crippen LogP contribution in [0.1, 0.15) is 11.8 Å². The van der Waals surface area contributed by atoms with Gasteiger partial charge in [0.1, 0.15) is 6.54 Å². The molecule has 0 saturated heterocycles.